The average Bonchev–Trinajstić information content (AvgIpc) is 2.95. The van der Waals surface area contributed by atoms with Gasteiger partial charge in [0.15, 0.2) is 0 Å². The van der Waals surface area contributed by atoms with E-state index in [1.165, 1.54) is 0 Å². The van der Waals surface area contributed by atoms with Crippen LogP contribution >= 0.6 is 0 Å². The smallest absolute Gasteiger partial charge is 0.308 e. The highest BCUT2D eigenvalue weighted by Crippen LogP contribution is 2.22. The van der Waals surface area contributed by atoms with Crippen LogP contribution < -0.4 is 16.6 Å². The lowest BCUT2D eigenvalue weighted by atomic mass is 10.2. The SMILES string of the molecule is Nc1nc(NC2CC2)[nH]c(=O)c1CC(=O)O. The Balaban J connectivity index is 2.26. The van der Waals surface area contributed by atoms with Gasteiger partial charge in [-0.2, -0.15) is 4.98 Å². The summed E-state index contributed by atoms with van der Waals surface area (Å²) in [6.45, 7) is 0. The van der Waals surface area contributed by atoms with Crippen LogP contribution in [0.2, 0.25) is 0 Å². The van der Waals surface area contributed by atoms with Gasteiger partial charge in [0.05, 0.1) is 12.0 Å². The minimum absolute atomic E-state index is 0.00570. The molecule has 1 aromatic rings. The van der Waals surface area contributed by atoms with E-state index in [1.54, 1.807) is 0 Å². The molecule has 7 heteroatoms. The summed E-state index contributed by atoms with van der Waals surface area (Å²) in [5.74, 6) is -0.838. The highest BCUT2D eigenvalue weighted by molar-refractivity contribution is 5.72. The molecule has 1 aliphatic rings. The van der Waals surface area contributed by atoms with E-state index in [-0.39, 0.29) is 11.4 Å². The van der Waals surface area contributed by atoms with Crippen molar-refractivity contribution in [3.05, 3.63) is 15.9 Å². The summed E-state index contributed by atoms with van der Waals surface area (Å²) >= 11 is 0. The fraction of sp³-hybridized carbons (Fsp3) is 0.444. The number of nitrogens with one attached hydrogen (secondary N) is 2. The number of aliphatic carboxylic acids is 1. The first-order valence-electron chi connectivity index (χ1n) is 4.93. The van der Waals surface area contributed by atoms with Gasteiger partial charge in [-0.3, -0.25) is 14.6 Å². The Kier molecular flexibility index (Phi) is 2.51. The zero-order valence-electron chi connectivity index (χ0n) is 8.49. The molecule has 16 heavy (non-hydrogen) atoms. The molecule has 0 spiro atoms. The maximum atomic E-state index is 11.5. The molecule has 2 rings (SSSR count). The number of nitrogens with two attached hydrogens (primary N) is 1. The number of hydrogen-bond acceptors (Lipinski definition) is 5. The number of carboxylic acid groups (broad SMARTS) is 1. The van der Waals surface area contributed by atoms with Gasteiger partial charge in [0.25, 0.3) is 5.56 Å². The van der Waals surface area contributed by atoms with Crippen LogP contribution in [0.5, 0.6) is 0 Å². The minimum atomic E-state index is -1.11. The number of carbonyl (C=O) groups is 1. The van der Waals surface area contributed by atoms with E-state index in [2.05, 4.69) is 15.3 Å². The summed E-state index contributed by atoms with van der Waals surface area (Å²) in [5, 5.41) is 11.6. The van der Waals surface area contributed by atoms with Crippen molar-refractivity contribution < 1.29 is 9.90 Å². The number of H-pyrrole nitrogens is 1. The zero-order chi connectivity index (χ0) is 11.7. The number of hydrogen-bond donors (Lipinski definition) is 4. The zero-order valence-corrected chi connectivity index (χ0v) is 8.49. The van der Waals surface area contributed by atoms with Crippen LogP contribution in [0.25, 0.3) is 0 Å². The normalized spacial score (nSPS) is 14.8. The molecule has 0 amide bonds. The topological polar surface area (TPSA) is 121 Å². The second-order valence-electron chi connectivity index (χ2n) is 3.77. The first kappa shape index (κ1) is 10.5. The molecule has 7 nitrogen and oxygen atoms in total. The van der Waals surface area contributed by atoms with E-state index in [0.29, 0.717) is 12.0 Å². The van der Waals surface area contributed by atoms with E-state index in [0.717, 1.165) is 12.8 Å². The summed E-state index contributed by atoms with van der Waals surface area (Å²) in [7, 11) is 0. The molecule has 0 bridgehead atoms. The quantitative estimate of drug-likeness (QED) is 0.549. The van der Waals surface area contributed by atoms with Crippen LogP contribution in [0, 0.1) is 0 Å². The van der Waals surface area contributed by atoms with Crippen molar-refractivity contribution in [2.24, 2.45) is 0 Å². The van der Waals surface area contributed by atoms with Gasteiger partial charge in [-0.05, 0) is 12.8 Å². The van der Waals surface area contributed by atoms with Gasteiger partial charge in [0, 0.05) is 6.04 Å². The molecule has 1 fully saturated rings. The van der Waals surface area contributed by atoms with E-state index in [4.69, 9.17) is 10.8 Å². The van der Waals surface area contributed by atoms with Gasteiger partial charge in [-0.15, -0.1) is 0 Å². The van der Waals surface area contributed by atoms with E-state index in [9.17, 15) is 9.59 Å². The summed E-state index contributed by atoms with van der Waals surface area (Å²) < 4.78 is 0. The van der Waals surface area contributed by atoms with Crippen LogP contribution in [0.1, 0.15) is 18.4 Å². The molecule has 1 heterocycles. The Hall–Kier alpha value is -2.05. The third-order valence-corrected chi connectivity index (χ3v) is 2.29. The third kappa shape index (κ3) is 2.30. The van der Waals surface area contributed by atoms with Gasteiger partial charge >= 0.3 is 5.97 Å². The number of carboxylic acids is 1. The van der Waals surface area contributed by atoms with Gasteiger partial charge in [0.2, 0.25) is 5.95 Å². The Bertz CT molecular complexity index is 478. The standard InChI is InChI=1S/C9H12N4O3/c10-7-5(3-6(14)15)8(16)13-9(12-7)11-4-1-2-4/h4H,1-3H2,(H,14,15)(H4,10,11,12,13,16). The summed E-state index contributed by atoms with van der Waals surface area (Å²) in [4.78, 5) is 28.4. The molecule has 1 aliphatic carbocycles. The lowest BCUT2D eigenvalue weighted by Gasteiger charge is -2.06. The Labute approximate surface area is 90.7 Å². The second-order valence-corrected chi connectivity index (χ2v) is 3.77. The van der Waals surface area contributed by atoms with Crippen LogP contribution in [0.15, 0.2) is 4.79 Å². The highest BCUT2D eigenvalue weighted by atomic mass is 16.4. The molecule has 86 valence electrons. The lowest BCUT2D eigenvalue weighted by Crippen LogP contribution is -2.22. The minimum Gasteiger partial charge on any atom is -0.481 e. The van der Waals surface area contributed by atoms with Crippen LogP contribution in [-0.4, -0.2) is 27.1 Å². The third-order valence-electron chi connectivity index (χ3n) is 2.29. The van der Waals surface area contributed by atoms with Crippen molar-refractivity contribution in [2.75, 3.05) is 11.1 Å². The van der Waals surface area contributed by atoms with Crippen LogP contribution in [0.3, 0.4) is 0 Å². The van der Waals surface area contributed by atoms with Crippen molar-refractivity contribution in [3.63, 3.8) is 0 Å². The molecule has 0 aromatic carbocycles. The maximum Gasteiger partial charge on any atom is 0.308 e. The number of nitrogen functional groups attached to an aromatic ring is 1. The maximum absolute atomic E-state index is 11.5. The molecule has 0 aliphatic heterocycles. The highest BCUT2D eigenvalue weighted by Gasteiger charge is 2.22. The number of rotatable bonds is 4. The summed E-state index contributed by atoms with van der Waals surface area (Å²) in [6, 6.07) is 0.341. The Morgan fingerprint density at radius 3 is 2.81 bits per heavy atom. The fourth-order valence-electron chi connectivity index (χ4n) is 1.33. The van der Waals surface area contributed by atoms with Gasteiger partial charge in [-0.25, -0.2) is 0 Å². The second kappa shape index (κ2) is 3.84. The van der Waals surface area contributed by atoms with Gasteiger partial charge in [0.1, 0.15) is 5.82 Å². The van der Waals surface area contributed by atoms with Crippen molar-refractivity contribution >= 4 is 17.7 Å². The molecule has 1 saturated carbocycles. The monoisotopic (exact) mass is 224 g/mol. The molecular weight excluding hydrogens is 212 g/mol. The average molecular weight is 224 g/mol. The first-order chi connectivity index (χ1) is 7.56. The number of aromatic amines is 1. The molecule has 0 atom stereocenters. The van der Waals surface area contributed by atoms with E-state index >= 15 is 0 Å². The molecule has 0 radical (unpaired) electrons. The Morgan fingerprint density at radius 1 is 1.62 bits per heavy atom. The molecule has 0 saturated heterocycles. The van der Waals surface area contributed by atoms with Crippen molar-refractivity contribution in [3.8, 4) is 0 Å². The predicted octanol–water partition coefficient (Wildman–Crippen LogP) is -0.447. The van der Waals surface area contributed by atoms with Crippen molar-refractivity contribution in [1.29, 1.82) is 0 Å². The van der Waals surface area contributed by atoms with Crippen LogP contribution in [0.4, 0.5) is 11.8 Å². The molecule has 1 aromatic heterocycles. The number of nitrogens with zero attached hydrogens (tertiary/aromatic N) is 1. The molecule has 0 unspecified atom stereocenters. The lowest BCUT2D eigenvalue weighted by molar-refractivity contribution is -0.136. The van der Waals surface area contributed by atoms with E-state index in [1.807, 2.05) is 0 Å². The van der Waals surface area contributed by atoms with Crippen molar-refractivity contribution in [1.82, 2.24) is 9.97 Å². The number of aromatic nitrogens is 2. The number of anilines is 2. The van der Waals surface area contributed by atoms with Gasteiger partial charge < -0.3 is 16.2 Å². The summed E-state index contributed by atoms with van der Waals surface area (Å²) in [5.41, 5.74) is 5.02. The largest absolute Gasteiger partial charge is 0.481 e. The van der Waals surface area contributed by atoms with Crippen molar-refractivity contribution in [2.45, 2.75) is 25.3 Å². The van der Waals surface area contributed by atoms with Crippen LogP contribution in [-0.2, 0) is 11.2 Å². The fourth-order valence-corrected chi connectivity index (χ4v) is 1.33. The van der Waals surface area contributed by atoms with E-state index < -0.39 is 17.9 Å². The predicted molar refractivity (Wildman–Crippen MR) is 57.3 cm³/mol. The Morgan fingerprint density at radius 2 is 2.31 bits per heavy atom. The van der Waals surface area contributed by atoms with Gasteiger partial charge in [-0.1, -0.05) is 0 Å². The molecule has 5 N–H and O–H groups in total. The first-order valence-corrected chi connectivity index (χ1v) is 4.93. The molecular formula is C9H12N4O3. The summed E-state index contributed by atoms with van der Waals surface area (Å²) in [6.07, 6.45) is 1.67.